The van der Waals surface area contributed by atoms with E-state index >= 15 is 0 Å². The summed E-state index contributed by atoms with van der Waals surface area (Å²) in [7, 11) is 0. The van der Waals surface area contributed by atoms with Crippen LogP contribution in [0.4, 0.5) is 5.69 Å². The number of rotatable bonds is 5. The minimum Gasteiger partial charge on any atom is -0.506 e. The van der Waals surface area contributed by atoms with Crippen molar-refractivity contribution in [2.75, 3.05) is 4.90 Å². The molecule has 1 heterocycles. The molecule has 2 atom stereocenters. The topological polar surface area (TPSA) is 57.6 Å². The fourth-order valence-corrected chi connectivity index (χ4v) is 3.10. The summed E-state index contributed by atoms with van der Waals surface area (Å²) < 4.78 is 0. The second kappa shape index (κ2) is 6.07. The van der Waals surface area contributed by atoms with Crippen LogP contribution in [0, 0.1) is 0 Å². The van der Waals surface area contributed by atoms with Gasteiger partial charge in [0.25, 0.3) is 0 Å². The Morgan fingerprint density at radius 3 is 2.05 bits per heavy atom. The minimum atomic E-state index is 0.0742. The van der Waals surface area contributed by atoms with E-state index in [1.54, 1.807) is 26.0 Å². The van der Waals surface area contributed by atoms with Crippen LogP contribution in [0.15, 0.2) is 24.3 Å². The van der Waals surface area contributed by atoms with Gasteiger partial charge in [-0.1, -0.05) is 12.1 Å². The molecule has 0 saturated carbocycles. The van der Waals surface area contributed by atoms with E-state index in [4.69, 9.17) is 0 Å². The largest absolute Gasteiger partial charge is 0.506 e. The lowest BCUT2D eigenvalue weighted by molar-refractivity contribution is -0.117. The highest BCUT2D eigenvalue weighted by Gasteiger charge is 2.35. The summed E-state index contributed by atoms with van der Waals surface area (Å²) in [5.41, 5.74) is 0.725. The summed E-state index contributed by atoms with van der Waals surface area (Å²) in [6, 6.07) is 7.28. The molecule has 0 bridgehead atoms. The molecular formula is C16H21NO3. The van der Waals surface area contributed by atoms with Gasteiger partial charge in [-0.25, -0.2) is 0 Å². The predicted octanol–water partition coefficient (Wildman–Crippen LogP) is 2.69. The van der Waals surface area contributed by atoms with Crippen LogP contribution in [-0.4, -0.2) is 28.8 Å². The van der Waals surface area contributed by atoms with E-state index in [-0.39, 0.29) is 29.4 Å². The number of phenols is 1. The lowest BCUT2D eigenvalue weighted by Crippen LogP contribution is -2.38. The summed E-state index contributed by atoms with van der Waals surface area (Å²) in [5.74, 6) is 0.481. The van der Waals surface area contributed by atoms with Crippen LogP contribution >= 0.6 is 0 Å². The van der Waals surface area contributed by atoms with Crippen molar-refractivity contribution in [2.24, 2.45) is 0 Å². The molecule has 0 radical (unpaired) electrons. The van der Waals surface area contributed by atoms with Crippen molar-refractivity contribution in [3.63, 3.8) is 0 Å². The highest BCUT2D eigenvalue weighted by Crippen LogP contribution is 2.38. The number of anilines is 1. The number of carbonyl (C=O) groups excluding carboxylic acids is 2. The molecule has 108 valence electrons. The summed E-state index contributed by atoms with van der Waals surface area (Å²) >= 11 is 0. The summed E-state index contributed by atoms with van der Waals surface area (Å²) in [6.45, 7) is 3.17. The average Bonchev–Trinajstić information content (AvgIpc) is 2.71. The van der Waals surface area contributed by atoms with Crippen LogP contribution in [0.2, 0.25) is 0 Å². The highest BCUT2D eigenvalue weighted by atomic mass is 16.3. The van der Waals surface area contributed by atoms with Gasteiger partial charge in [0.05, 0.1) is 5.69 Å². The van der Waals surface area contributed by atoms with Gasteiger partial charge in [-0.3, -0.25) is 9.59 Å². The molecule has 4 heteroatoms. The lowest BCUT2D eigenvalue weighted by atomic mass is 10.1. The SMILES string of the molecule is CC(=O)C[C@H]1CC[C@@H](CC(C)=O)N1c1ccccc1O. The number of ketones is 2. The fourth-order valence-electron chi connectivity index (χ4n) is 3.10. The number of para-hydroxylation sites is 2. The van der Waals surface area contributed by atoms with Crippen LogP contribution in [0.25, 0.3) is 0 Å². The van der Waals surface area contributed by atoms with Crippen molar-refractivity contribution in [1.29, 1.82) is 0 Å². The molecule has 4 nitrogen and oxygen atoms in total. The summed E-state index contributed by atoms with van der Waals surface area (Å²) in [5, 5.41) is 10.1. The molecule has 1 fully saturated rings. The van der Waals surface area contributed by atoms with Crippen LogP contribution in [-0.2, 0) is 9.59 Å². The van der Waals surface area contributed by atoms with Gasteiger partial charge in [0.15, 0.2) is 0 Å². The molecule has 0 aromatic heterocycles. The molecule has 1 aromatic carbocycles. The predicted molar refractivity (Wildman–Crippen MR) is 78.0 cm³/mol. The van der Waals surface area contributed by atoms with E-state index in [9.17, 15) is 14.7 Å². The number of Topliss-reactive ketones (excluding diaryl/α,β-unsaturated/α-hetero) is 2. The quantitative estimate of drug-likeness (QED) is 0.897. The number of hydrogen-bond donors (Lipinski definition) is 1. The van der Waals surface area contributed by atoms with Crippen LogP contribution in [0.5, 0.6) is 5.75 Å². The molecule has 1 aliphatic heterocycles. The molecular weight excluding hydrogens is 254 g/mol. The number of carbonyl (C=O) groups is 2. The Balaban J connectivity index is 2.31. The Morgan fingerprint density at radius 1 is 1.10 bits per heavy atom. The average molecular weight is 275 g/mol. The molecule has 20 heavy (non-hydrogen) atoms. The van der Waals surface area contributed by atoms with Crippen molar-refractivity contribution in [3.8, 4) is 5.75 Å². The van der Waals surface area contributed by atoms with Crippen molar-refractivity contribution in [3.05, 3.63) is 24.3 Å². The maximum Gasteiger partial charge on any atom is 0.138 e. The maximum atomic E-state index is 11.4. The molecule has 1 aromatic rings. The third-order valence-electron chi connectivity index (χ3n) is 3.83. The molecule has 1 aliphatic rings. The number of nitrogens with zero attached hydrogens (tertiary/aromatic N) is 1. The molecule has 0 unspecified atom stereocenters. The first-order chi connectivity index (χ1) is 9.49. The number of aromatic hydroxyl groups is 1. The van der Waals surface area contributed by atoms with Crippen LogP contribution in [0.3, 0.4) is 0 Å². The van der Waals surface area contributed by atoms with Crippen molar-refractivity contribution < 1.29 is 14.7 Å². The van der Waals surface area contributed by atoms with E-state index in [1.807, 2.05) is 12.1 Å². The molecule has 1 N–H and O–H groups in total. The normalized spacial score (nSPS) is 22.0. The Kier molecular flexibility index (Phi) is 4.42. The summed E-state index contributed by atoms with van der Waals surface area (Å²) in [6.07, 6.45) is 2.68. The molecule has 0 aliphatic carbocycles. The highest BCUT2D eigenvalue weighted by molar-refractivity contribution is 5.79. The second-order valence-corrected chi connectivity index (χ2v) is 5.59. The van der Waals surface area contributed by atoms with Gasteiger partial charge in [0.2, 0.25) is 0 Å². The fraction of sp³-hybridized carbons (Fsp3) is 0.500. The molecule has 0 amide bonds. The van der Waals surface area contributed by atoms with Gasteiger partial charge < -0.3 is 10.0 Å². The van der Waals surface area contributed by atoms with Crippen molar-refractivity contribution >= 4 is 17.3 Å². The van der Waals surface area contributed by atoms with Gasteiger partial charge in [-0.15, -0.1) is 0 Å². The first-order valence-electron chi connectivity index (χ1n) is 7.04. The van der Waals surface area contributed by atoms with E-state index in [1.165, 1.54) is 0 Å². The zero-order valence-corrected chi connectivity index (χ0v) is 12.0. The molecule has 2 rings (SSSR count). The number of phenolic OH excluding ortho intramolecular Hbond substituents is 1. The Labute approximate surface area is 119 Å². The standard InChI is InChI=1S/C16H21NO3/c1-11(18)9-13-7-8-14(10-12(2)19)17(13)15-5-3-4-6-16(15)20/h3-6,13-14,20H,7-10H2,1-2H3/t13-,14+. The second-order valence-electron chi connectivity index (χ2n) is 5.59. The van der Waals surface area contributed by atoms with Gasteiger partial charge in [0, 0.05) is 24.9 Å². The van der Waals surface area contributed by atoms with E-state index in [0.29, 0.717) is 12.8 Å². The van der Waals surface area contributed by atoms with Crippen LogP contribution in [0.1, 0.15) is 39.5 Å². The Morgan fingerprint density at radius 2 is 1.60 bits per heavy atom. The minimum absolute atomic E-state index is 0.0742. The Hall–Kier alpha value is -1.84. The van der Waals surface area contributed by atoms with E-state index < -0.39 is 0 Å². The van der Waals surface area contributed by atoms with Crippen molar-refractivity contribution in [1.82, 2.24) is 0 Å². The third-order valence-corrected chi connectivity index (χ3v) is 3.83. The van der Waals surface area contributed by atoms with Crippen molar-refractivity contribution in [2.45, 2.75) is 51.6 Å². The zero-order chi connectivity index (χ0) is 14.7. The zero-order valence-electron chi connectivity index (χ0n) is 12.0. The lowest BCUT2D eigenvalue weighted by Gasteiger charge is -2.32. The molecule has 0 spiro atoms. The Bertz CT molecular complexity index is 488. The maximum absolute atomic E-state index is 11.4. The smallest absolute Gasteiger partial charge is 0.138 e. The monoisotopic (exact) mass is 275 g/mol. The molecule has 1 saturated heterocycles. The van der Waals surface area contributed by atoms with E-state index in [2.05, 4.69) is 4.90 Å². The third kappa shape index (κ3) is 3.18. The van der Waals surface area contributed by atoms with Gasteiger partial charge in [-0.2, -0.15) is 0 Å². The number of benzene rings is 1. The van der Waals surface area contributed by atoms with Gasteiger partial charge >= 0.3 is 0 Å². The number of hydrogen-bond acceptors (Lipinski definition) is 4. The van der Waals surface area contributed by atoms with Gasteiger partial charge in [0.1, 0.15) is 17.3 Å². The van der Waals surface area contributed by atoms with Crippen LogP contribution < -0.4 is 4.90 Å². The first kappa shape index (κ1) is 14.6. The van der Waals surface area contributed by atoms with E-state index in [0.717, 1.165) is 18.5 Å². The van der Waals surface area contributed by atoms with Gasteiger partial charge in [-0.05, 0) is 38.8 Å². The summed E-state index contributed by atoms with van der Waals surface area (Å²) in [4.78, 5) is 24.9. The first-order valence-corrected chi connectivity index (χ1v) is 7.04.